The Morgan fingerprint density at radius 2 is 1.69 bits per heavy atom. The van der Waals surface area contributed by atoms with Crippen molar-refractivity contribution in [3.63, 3.8) is 0 Å². The first-order valence-corrected chi connectivity index (χ1v) is 6.25. The average Bonchev–Trinajstić information content (AvgIpc) is 2.17. The van der Waals surface area contributed by atoms with Gasteiger partial charge in [0.25, 0.3) is 0 Å². The second-order valence-electron chi connectivity index (χ2n) is 4.32. The lowest BCUT2D eigenvalue weighted by atomic mass is 9.72. The molecule has 0 bridgehead atoms. The molecule has 1 rings (SSSR count). The molecule has 1 fully saturated rings. The van der Waals surface area contributed by atoms with Crippen molar-refractivity contribution in [2.24, 2.45) is 17.8 Å². The fraction of sp³-hybridized carbons (Fsp3) is 1.00. The molecular weight excluding hydrogens is 156 g/mol. The fourth-order valence-corrected chi connectivity index (χ4v) is 2.47. The van der Waals surface area contributed by atoms with E-state index in [-0.39, 0.29) is 0 Å². The van der Waals surface area contributed by atoms with Gasteiger partial charge in [-0.1, -0.05) is 66.7 Å². The van der Waals surface area contributed by atoms with Crippen LogP contribution in [0.1, 0.15) is 66.7 Å². The summed E-state index contributed by atoms with van der Waals surface area (Å²) in [5.41, 5.74) is 0. The zero-order valence-electron chi connectivity index (χ0n) is 10.3. The molecule has 80 valence electrons. The molecule has 0 spiro atoms. The van der Waals surface area contributed by atoms with Crippen LogP contribution in [0, 0.1) is 17.8 Å². The van der Waals surface area contributed by atoms with Crippen molar-refractivity contribution in [3.05, 3.63) is 0 Å². The molecule has 0 aliphatic heterocycles. The SMILES string of the molecule is CC.CCCC1CCCC(C)C1C. The Hall–Kier alpha value is 0. The molecule has 0 N–H and O–H groups in total. The Balaban J connectivity index is 0.000000671. The first-order valence-electron chi connectivity index (χ1n) is 6.25. The predicted octanol–water partition coefficient (Wildman–Crippen LogP) is 4.89. The van der Waals surface area contributed by atoms with Crippen molar-refractivity contribution in [1.82, 2.24) is 0 Å². The molecule has 0 heteroatoms. The third-order valence-corrected chi connectivity index (χ3v) is 3.53. The van der Waals surface area contributed by atoms with Crippen LogP contribution < -0.4 is 0 Å². The summed E-state index contributed by atoms with van der Waals surface area (Å²) in [5, 5.41) is 0. The van der Waals surface area contributed by atoms with E-state index in [1.165, 1.54) is 32.1 Å². The van der Waals surface area contributed by atoms with E-state index in [0.717, 1.165) is 17.8 Å². The highest BCUT2D eigenvalue weighted by Gasteiger charge is 2.25. The maximum Gasteiger partial charge on any atom is -0.0386 e. The number of rotatable bonds is 2. The molecule has 0 radical (unpaired) electrons. The summed E-state index contributed by atoms with van der Waals surface area (Å²) in [7, 11) is 0. The highest BCUT2D eigenvalue weighted by Crippen LogP contribution is 2.36. The van der Waals surface area contributed by atoms with Crippen molar-refractivity contribution in [2.75, 3.05) is 0 Å². The monoisotopic (exact) mass is 184 g/mol. The topological polar surface area (TPSA) is 0 Å². The zero-order chi connectivity index (χ0) is 10.3. The van der Waals surface area contributed by atoms with E-state index < -0.39 is 0 Å². The van der Waals surface area contributed by atoms with Gasteiger partial charge in [-0.2, -0.15) is 0 Å². The maximum absolute atomic E-state index is 2.45. The van der Waals surface area contributed by atoms with Crippen LogP contribution in [-0.4, -0.2) is 0 Å². The van der Waals surface area contributed by atoms with Crippen LogP contribution in [0.4, 0.5) is 0 Å². The van der Waals surface area contributed by atoms with Crippen molar-refractivity contribution >= 4 is 0 Å². The molecule has 0 aromatic rings. The first kappa shape index (κ1) is 13.0. The van der Waals surface area contributed by atoms with E-state index in [0.29, 0.717) is 0 Å². The minimum Gasteiger partial charge on any atom is -0.0683 e. The van der Waals surface area contributed by atoms with Gasteiger partial charge in [0.05, 0.1) is 0 Å². The average molecular weight is 184 g/mol. The van der Waals surface area contributed by atoms with Gasteiger partial charge in [-0.05, 0) is 17.8 Å². The summed E-state index contributed by atoms with van der Waals surface area (Å²) in [4.78, 5) is 0. The molecule has 1 aliphatic carbocycles. The molecule has 1 aliphatic rings. The molecule has 1 saturated carbocycles. The third-order valence-electron chi connectivity index (χ3n) is 3.53. The zero-order valence-corrected chi connectivity index (χ0v) is 10.3. The van der Waals surface area contributed by atoms with Gasteiger partial charge < -0.3 is 0 Å². The van der Waals surface area contributed by atoms with Crippen molar-refractivity contribution < 1.29 is 0 Å². The van der Waals surface area contributed by atoms with E-state index in [2.05, 4.69) is 20.8 Å². The molecule has 13 heavy (non-hydrogen) atoms. The molecule has 3 unspecified atom stereocenters. The third kappa shape index (κ3) is 4.15. The maximum atomic E-state index is 2.45. The van der Waals surface area contributed by atoms with Crippen LogP contribution >= 0.6 is 0 Å². The van der Waals surface area contributed by atoms with Gasteiger partial charge in [-0.3, -0.25) is 0 Å². The lowest BCUT2D eigenvalue weighted by molar-refractivity contribution is 0.172. The van der Waals surface area contributed by atoms with Crippen LogP contribution in [0.5, 0.6) is 0 Å². The molecule has 0 saturated heterocycles. The van der Waals surface area contributed by atoms with Gasteiger partial charge in [0.2, 0.25) is 0 Å². The Labute approximate surface area is 85.1 Å². The van der Waals surface area contributed by atoms with Crippen LogP contribution in [-0.2, 0) is 0 Å². The lowest BCUT2D eigenvalue weighted by Crippen LogP contribution is -2.23. The van der Waals surface area contributed by atoms with Gasteiger partial charge >= 0.3 is 0 Å². The highest BCUT2D eigenvalue weighted by molar-refractivity contribution is 4.76. The fourth-order valence-electron chi connectivity index (χ4n) is 2.47. The molecule has 0 aromatic heterocycles. The smallest absolute Gasteiger partial charge is 0.0386 e. The van der Waals surface area contributed by atoms with E-state index in [4.69, 9.17) is 0 Å². The van der Waals surface area contributed by atoms with Crippen molar-refractivity contribution in [3.8, 4) is 0 Å². The van der Waals surface area contributed by atoms with Crippen LogP contribution in [0.25, 0.3) is 0 Å². The minimum atomic E-state index is 0.986. The van der Waals surface area contributed by atoms with Gasteiger partial charge in [-0.25, -0.2) is 0 Å². The molecule has 0 heterocycles. The Morgan fingerprint density at radius 1 is 1.08 bits per heavy atom. The normalized spacial score (nSPS) is 33.5. The Kier molecular flexibility index (Phi) is 7.41. The standard InChI is InChI=1S/C11H22.C2H6/c1-4-6-11-8-5-7-9(2)10(11)3;1-2/h9-11H,4-8H2,1-3H3;1-2H3. The van der Waals surface area contributed by atoms with Crippen LogP contribution in [0.2, 0.25) is 0 Å². The molecular formula is C13H28. The van der Waals surface area contributed by atoms with E-state index in [1.54, 1.807) is 0 Å². The molecule has 0 nitrogen and oxygen atoms in total. The van der Waals surface area contributed by atoms with Gasteiger partial charge in [0.1, 0.15) is 0 Å². The summed E-state index contributed by atoms with van der Waals surface area (Å²) < 4.78 is 0. The van der Waals surface area contributed by atoms with E-state index in [9.17, 15) is 0 Å². The highest BCUT2D eigenvalue weighted by atomic mass is 14.3. The summed E-state index contributed by atoms with van der Waals surface area (Å²) in [6.07, 6.45) is 7.30. The second kappa shape index (κ2) is 7.41. The van der Waals surface area contributed by atoms with Gasteiger partial charge in [0, 0.05) is 0 Å². The largest absolute Gasteiger partial charge is 0.0683 e. The van der Waals surface area contributed by atoms with Gasteiger partial charge in [-0.15, -0.1) is 0 Å². The minimum absolute atomic E-state index is 0.986. The summed E-state index contributed by atoms with van der Waals surface area (Å²) in [5.74, 6) is 3.02. The van der Waals surface area contributed by atoms with E-state index in [1.807, 2.05) is 13.8 Å². The number of hydrogen-bond acceptors (Lipinski definition) is 0. The second-order valence-corrected chi connectivity index (χ2v) is 4.32. The number of hydrogen-bond donors (Lipinski definition) is 0. The van der Waals surface area contributed by atoms with Crippen LogP contribution in [0.3, 0.4) is 0 Å². The first-order chi connectivity index (χ1) is 6.25. The lowest BCUT2D eigenvalue weighted by Gasteiger charge is -2.33. The molecule has 3 atom stereocenters. The summed E-state index contributed by atoms with van der Waals surface area (Å²) in [6, 6.07) is 0. The molecule has 0 aromatic carbocycles. The predicted molar refractivity (Wildman–Crippen MR) is 61.9 cm³/mol. The Morgan fingerprint density at radius 3 is 2.23 bits per heavy atom. The Bertz CT molecular complexity index is 105. The molecule has 0 amide bonds. The quantitative estimate of drug-likeness (QED) is 0.573. The summed E-state index contributed by atoms with van der Waals surface area (Å²) in [6.45, 7) is 11.2. The van der Waals surface area contributed by atoms with Crippen LogP contribution in [0.15, 0.2) is 0 Å². The van der Waals surface area contributed by atoms with Crippen molar-refractivity contribution in [1.29, 1.82) is 0 Å². The van der Waals surface area contributed by atoms with E-state index >= 15 is 0 Å². The summed E-state index contributed by atoms with van der Waals surface area (Å²) >= 11 is 0. The van der Waals surface area contributed by atoms with Crippen molar-refractivity contribution in [2.45, 2.75) is 66.7 Å². The van der Waals surface area contributed by atoms with Gasteiger partial charge in [0.15, 0.2) is 0 Å².